The lowest BCUT2D eigenvalue weighted by Crippen LogP contribution is -2.31. The highest BCUT2D eigenvalue weighted by Crippen LogP contribution is 2.42. The highest BCUT2D eigenvalue weighted by Gasteiger charge is 2.32. The molecule has 0 fully saturated rings. The Morgan fingerprint density at radius 1 is 1.21 bits per heavy atom. The number of hydrogen-bond acceptors (Lipinski definition) is 5. The molecular weight excluding hydrogens is 446 g/mol. The molecule has 0 aliphatic heterocycles. The predicted octanol–water partition coefficient (Wildman–Crippen LogP) is 5.90. The van der Waals surface area contributed by atoms with E-state index in [1.807, 2.05) is 45.9 Å². The van der Waals surface area contributed by atoms with E-state index in [2.05, 4.69) is 43.0 Å². The maximum atomic E-state index is 12.5. The Bertz CT molecular complexity index is 907. The number of aryl methyl sites for hydroxylation is 1. The number of amides is 1. The van der Waals surface area contributed by atoms with Crippen molar-refractivity contribution in [1.82, 2.24) is 5.32 Å². The van der Waals surface area contributed by atoms with Crippen molar-refractivity contribution in [2.24, 2.45) is 5.41 Å². The zero-order valence-electron chi connectivity index (χ0n) is 22.1. The Balaban J connectivity index is 3.14. The third-order valence-corrected chi connectivity index (χ3v) is 7.17. The smallest absolute Gasteiger partial charge is 0.325 e. The van der Waals surface area contributed by atoms with Gasteiger partial charge in [-0.1, -0.05) is 58.4 Å². The van der Waals surface area contributed by atoms with Gasteiger partial charge in [0, 0.05) is 11.0 Å². The number of benzene rings is 1. The molecule has 1 unspecified atom stereocenters. The van der Waals surface area contributed by atoms with Gasteiger partial charge in [0.15, 0.2) is 0 Å². The van der Waals surface area contributed by atoms with E-state index >= 15 is 0 Å². The SMILES string of the molecule is CCC(CC)(/C(S)=C/C(C)=C/CCC(O)C(C)(C)C)c1ccc(C(=O)NCC(=O)OC)c(C)c1. The van der Waals surface area contributed by atoms with Crippen LogP contribution >= 0.6 is 12.6 Å². The van der Waals surface area contributed by atoms with Crippen LogP contribution in [0.2, 0.25) is 0 Å². The van der Waals surface area contributed by atoms with Crippen LogP contribution in [-0.2, 0) is 14.9 Å². The number of aliphatic hydroxyl groups excluding tert-OH is 1. The minimum absolute atomic E-state index is 0.119. The molecule has 0 aliphatic rings. The third kappa shape index (κ3) is 8.02. The number of allylic oxidation sites excluding steroid dienone is 4. The number of esters is 1. The Morgan fingerprint density at radius 3 is 2.32 bits per heavy atom. The number of methoxy groups -OCH3 is 1. The van der Waals surface area contributed by atoms with E-state index in [4.69, 9.17) is 12.6 Å². The van der Waals surface area contributed by atoms with Crippen LogP contribution in [0.5, 0.6) is 0 Å². The van der Waals surface area contributed by atoms with Crippen LogP contribution < -0.4 is 5.32 Å². The molecule has 1 atom stereocenters. The van der Waals surface area contributed by atoms with Crippen LogP contribution in [0.4, 0.5) is 0 Å². The fourth-order valence-corrected chi connectivity index (χ4v) is 4.67. The molecule has 0 aliphatic carbocycles. The average Bonchev–Trinajstić information content (AvgIpc) is 2.77. The lowest BCUT2D eigenvalue weighted by atomic mass is 9.74. The number of aliphatic hydroxyl groups is 1. The third-order valence-electron chi connectivity index (χ3n) is 6.61. The van der Waals surface area contributed by atoms with Crippen molar-refractivity contribution in [1.29, 1.82) is 0 Å². The zero-order chi connectivity index (χ0) is 26.1. The molecule has 1 amide bonds. The van der Waals surface area contributed by atoms with Crippen molar-refractivity contribution in [3.05, 3.63) is 57.5 Å². The van der Waals surface area contributed by atoms with Crippen LogP contribution in [0.3, 0.4) is 0 Å². The number of carbonyl (C=O) groups excluding carboxylic acids is 2. The normalized spacial score (nSPS) is 14.1. The van der Waals surface area contributed by atoms with Crippen LogP contribution in [0, 0.1) is 12.3 Å². The molecule has 0 spiro atoms. The molecule has 5 nitrogen and oxygen atoms in total. The molecule has 1 aromatic rings. The largest absolute Gasteiger partial charge is 0.468 e. The zero-order valence-corrected chi connectivity index (χ0v) is 23.0. The summed E-state index contributed by atoms with van der Waals surface area (Å²) in [6, 6.07) is 5.84. The van der Waals surface area contributed by atoms with Crippen molar-refractivity contribution >= 4 is 24.5 Å². The number of thiol groups is 1. The quantitative estimate of drug-likeness (QED) is 0.205. The van der Waals surface area contributed by atoms with E-state index in [1.165, 1.54) is 7.11 Å². The number of carbonyl (C=O) groups is 2. The van der Waals surface area contributed by atoms with Crippen molar-refractivity contribution in [3.63, 3.8) is 0 Å². The number of hydrogen-bond donors (Lipinski definition) is 3. The molecule has 0 aromatic heterocycles. The molecule has 0 saturated carbocycles. The standard InChI is InChI=1S/C28H43NO4S/c1-9-28(10-2,24(34)16-19(3)12-11-13-23(30)27(5,6)7)21-14-15-22(20(4)17-21)26(32)29-18-25(31)33-8/h12,14-17,23,30,34H,9-11,13,18H2,1-8H3,(H,29,32)/b19-12+,24-16-. The molecule has 0 saturated heterocycles. The average molecular weight is 490 g/mol. The Hall–Kier alpha value is -2.05. The highest BCUT2D eigenvalue weighted by molar-refractivity contribution is 7.84. The van der Waals surface area contributed by atoms with Gasteiger partial charge >= 0.3 is 5.97 Å². The molecule has 0 radical (unpaired) electrons. The van der Waals surface area contributed by atoms with Gasteiger partial charge in [0.05, 0.1) is 13.2 Å². The molecular formula is C28H43NO4S. The van der Waals surface area contributed by atoms with Gasteiger partial charge in [-0.2, -0.15) is 0 Å². The van der Waals surface area contributed by atoms with Gasteiger partial charge in [-0.3, -0.25) is 9.59 Å². The van der Waals surface area contributed by atoms with Gasteiger partial charge in [-0.15, -0.1) is 12.6 Å². The summed E-state index contributed by atoms with van der Waals surface area (Å²) in [5.41, 5.74) is 3.22. The van der Waals surface area contributed by atoms with Crippen molar-refractivity contribution in [2.45, 2.75) is 85.7 Å². The topological polar surface area (TPSA) is 75.6 Å². The summed E-state index contributed by atoms with van der Waals surface area (Å²) in [6.45, 7) is 14.3. The lowest BCUT2D eigenvalue weighted by molar-refractivity contribution is -0.139. The van der Waals surface area contributed by atoms with E-state index in [1.54, 1.807) is 0 Å². The van der Waals surface area contributed by atoms with Crippen LogP contribution in [0.25, 0.3) is 0 Å². The Kier molecular flexibility index (Phi) is 11.6. The van der Waals surface area contributed by atoms with Gasteiger partial charge in [-0.05, 0) is 73.1 Å². The fourth-order valence-electron chi connectivity index (χ4n) is 4.02. The number of ether oxygens (including phenoxy) is 1. The molecule has 34 heavy (non-hydrogen) atoms. The van der Waals surface area contributed by atoms with Crippen LogP contribution in [0.1, 0.15) is 88.7 Å². The molecule has 1 aromatic carbocycles. The van der Waals surface area contributed by atoms with Crippen LogP contribution in [-0.4, -0.2) is 36.7 Å². The monoisotopic (exact) mass is 489 g/mol. The highest BCUT2D eigenvalue weighted by atomic mass is 32.1. The van der Waals surface area contributed by atoms with E-state index in [-0.39, 0.29) is 29.4 Å². The van der Waals surface area contributed by atoms with Gasteiger partial charge < -0.3 is 15.2 Å². The summed E-state index contributed by atoms with van der Waals surface area (Å²) < 4.78 is 4.58. The molecule has 1 rings (SSSR count). The summed E-state index contributed by atoms with van der Waals surface area (Å²) in [5.74, 6) is -0.786. The molecule has 0 bridgehead atoms. The van der Waals surface area contributed by atoms with E-state index in [0.29, 0.717) is 5.56 Å². The van der Waals surface area contributed by atoms with Gasteiger partial charge in [0.2, 0.25) is 0 Å². The molecule has 190 valence electrons. The summed E-state index contributed by atoms with van der Waals surface area (Å²) >= 11 is 4.94. The summed E-state index contributed by atoms with van der Waals surface area (Å²) in [4.78, 5) is 24.8. The minimum Gasteiger partial charge on any atom is -0.468 e. The first-order chi connectivity index (χ1) is 15.8. The Morgan fingerprint density at radius 2 is 1.82 bits per heavy atom. The first-order valence-electron chi connectivity index (χ1n) is 12.0. The van der Waals surface area contributed by atoms with Gasteiger partial charge in [-0.25, -0.2) is 0 Å². The summed E-state index contributed by atoms with van der Waals surface area (Å²) in [7, 11) is 1.29. The lowest BCUT2D eigenvalue weighted by Gasteiger charge is -2.34. The van der Waals surface area contributed by atoms with Crippen LogP contribution in [0.15, 0.2) is 40.8 Å². The van der Waals surface area contributed by atoms with Gasteiger partial charge in [0.1, 0.15) is 6.54 Å². The second kappa shape index (κ2) is 13.1. The number of rotatable bonds is 11. The summed E-state index contributed by atoms with van der Waals surface area (Å²) in [6.07, 6.45) is 7.19. The summed E-state index contributed by atoms with van der Waals surface area (Å²) in [5, 5.41) is 12.9. The second-order valence-corrected chi connectivity index (χ2v) is 10.5. The second-order valence-electron chi connectivity index (χ2n) is 10.0. The van der Waals surface area contributed by atoms with Crippen molar-refractivity contribution < 1.29 is 19.4 Å². The minimum atomic E-state index is -0.486. The van der Waals surface area contributed by atoms with Gasteiger partial charge in [0.25, 0.3) is 5.91 Å². The predicted molar refractivity (Wildman–Crippen MR) is 143 cm³/mol. The van der Waals surface area contributed by atoms with E-state index in [0.717, 1.165) is 47.3 Å². The fraction of sp³-hybridized carbons (Fsp3) is 0.571. The molecule has 0 heterocycles. The van der Waals surface area contributed by atoms with E-state index in [9.17, 15) is 14.7 Å². The number of nitrogens with one attached hydrogen (secondary N) is 1. The Labute approximate surface area is 211 Å². The first-order valence-corrected chi connectivity index (χ1v) is 12.5. The maximum absolute atomic E-state index is 12.5. The molecule has 2 N–H and O–H groups in total. The van der Waals surface area contributed by atoms with Crippen molar-refractivity contribution in [3.8, 4) is 0 Å². The first kappa shape index (κ1) is 30.0. The van der Waals surface area contributed by atoms with E-state index < -0.39 is 5.97 Å². The van der Waals surface area contributed by atoms with Crippen molar-refractivity contribution in [2.75, 3.05) is 13.7 Å². The molecule has 6 heteroatoms. The maximum Gasteiger partial charge on any atom is 0.325 e.